The number of halogens is 6. The van der Waals surface area contributed by atoms with Crippen molar-refractivity contribution < 1.29 is 22.4 Å². The highest BCUT2D eigenvalue weighted by atomic mass is 79.9. The van der Waals surface area contributed by atoms with Gasteiger partial charge in [0, 0.05) is 29.4 Å². The van der Waals surface area contributed by atoms with Crippen molar-refractivity contribution in [1.29, 1.82) is 0 Å². The predicted molar refractivity (Wildman–Crippen MR) is 148 cm³/mol. The van der Waals surface area contributed by atoms with Crippen LogP contribution in [0.15, 0.2) is 68.8 Å². The zero-order valence-corrected chi connectivity index (χ0v) is 24.8. The third-order valence-corrected chi connectivity index (χ3v) is 7.99. The highest BCUT2D eigenvalue weighted by Gasteiger charge is 2.34. The number of likely N-dealkylation sites (N-methyl/N-ethyl adjacent to an activating group) is 1. The number of nitrogens with one attached hydrogen (secondary N) is 1. The standard InChI is InChI=1S/C28H32Br2F4N2O/c1-7-8-14-27(4,5)17(2)24(26(37)36(6)16-19-10-9-11-23(31)25(19)30)18(3)35-20-12-13-22(29)21(15-20)28(32,33)34/h9-13,15,35H,3,7-8,14,16H2,1-2,4-6H3/b24-17-. The molecule has 9 heteroatoms. The van der Waals surface area contributed by atoms with Gasteiger partial charge >= 0.3 is 6.18 Å². The Balaban J connectivity index is 2.50. The molecular weight excluding hydrogens is 616 g/mol. The Morgan fingerprint density at radius 1 is 1.14 bits per heavy atom. The van der Waals surface area contributed by atoms with E-state index in [1.807, 2.05) is 20.8 Å². The number of nitrogens with zero attached hydrogens (tertiary/aromatic N) is 1. The zero-order valence-electron chi connectivity index (χ0n) is 21.6. The minimum absolute atomic E-state index is 0.0831. The van der Waals surface area contributed by atoms with Crippen LogP contribution in [0.1, 0.15) is 58.1 Å². The van der Waals surface area contributed by atoms with E-state index in [2.05, 4.69) is 50.7 Å². The Labute approximate surface area is 233 Å². The first-order valence-electron chi connectivity index (χ1n) is 11.8. The molecule has 2 rings (SSSR count). The van der Waals surface area contributed by atoms with Gasteiger partial charge in [-0.05, 0) is 64.5 Å². The summed E-state index contributed by atoms with van der Waals surface area (Å²) in [5.74, 6) is -0.809. The van der Waals surface area contributed by atoms with Gasteiger partial charge in [-0.15, -0.1) is 0 Å². The lowest BCUT2D eigenvalue weighted by molar-refractivity contribution is -0.138. The fraction of sp³-hybridized carbons (Fsp3) is 0.393. The second-order valence-electron chi connectivity index (χ2n) is 9.66. The van der Waals surface area contributed by atoms with Gasteiger partial charge in [-0.3, -0.25) is 4.79 Å². The van der Waals surface area contributed by atoms with E-state index in [9.17, 15) is 22.4 Å². The number of rotatable bonds is 10. The first kappa shape index (κ1) is 31.1. The van der Waals surface area contributed by atoms with Crippen LogP contribution in [0.4, 0.5) is 23.2 Å². The lowest BCUT2D eigenvalue weighted by Crippen LogP contribution is -2.32. The molecule has 0 radical (unpaired) electrons. The van der Waals surface area contributed by atoms with Crippen molar-refractivity contribution in [1.82, 2.24) is 4.90 Å². The van der Waals surface area contributed by atoms with Gasteiger partial charge in [0.15, 0.2) is 0 Å². The summed E-state index contributed by atoms with van der Waals surface area (Å²) in [5.41, 5.74) is 0.764. The number of benzene rings is 2. The van der Waals surface area contributed by atoms with Crippen LogP contribution < -0.4 is 5.32 Å². The summed E-state index contributed by atoms with van der Waals surface area (Å²) in [5, 5.41) is 2.92. The van der Waals surface area contributed by atoms with Crippen molar-refractivity contribution in [3.63, 3.8) is 0 Å². The molecule has 202 valence electrons. The Hall–Kier alpha value is -2.13. The number of hydrogen-bond donors (Lipinski definition) is 1. The Morgan fingerprint density at radius 2 is 1.78 bits per heavy atom. The van der Waals surface area contributed by atoms with E-state index in [1.54, 1.807) is 19.2 Å². The van der Waals surface area contributed by atoms with E-state index in [1.165, 1.54) is 23.1 Å². The largest absolute Gasteiger partial charge is 0.417 e. The molecule has 0 spiro atoms. The van der Waals surface area contributed by atoms with Crippen molar-refractivity contribution in [2.45, 2.75) is 59.7 Å². The molecule has 0 atom stereocenters. The van der Waals surface area contributed by atoms with Crippen molar-refractivity contribution in [3.8, 4) is 0 Å². The quantitative estimate of drug-likeness (QED) is 0.158. The molecule has 3 nitrogen and oxygen atoms in total. The first-order valence-corrected chi connectivity index (χ1v) is 13.4. The van der Waals surface area contributed by atoms with Gasteiger partial charge < -0.3 is 10.2 Å². The monoisotopic (exact) mass is 646 g/mol. The summed E-state index contributed by atoms with van der Waals surface area (Å²) in [7, 11) is 1.60. The maximum absolute atomic E-state index is 14.0. The van der Waals surface area contributed by atoms with Crippen LogP contribution in [-0.2, 0) is 17.5 Å². The number of alkyl halides is 3. The molecule has 37 heavy (non-hydrogen) atoms. The van der Waals surface area contributed by atoms with Gasteiger partial charge in [0.2, 0.25) is 0 Å². The summed E-state index contributed by atoms with van der Waals surface area (Å²) in [6.07, 6.45) is -1.82. The van der Waals surface area contributed by atoms with Crippen LogP contribution in [-0.4, -0.2) is 17.9 Å². The number of unbranched alkanes of at least 4 members (excludes halogenated alkanes) is 1. The molecule has 0 bridgehead atoms. The number of carbonyl (C=O) groups excluding carboxylic acids is 1. The third-order valence-electron chi connectivity index (χ3n) is 6.41. The summed E-state index contributed by atoms with van der Waals surface area (Å²) in [4.78, 5) is 15.2. The molecule has 0 fully saturated rings. The summed E-state index contributed by atoms with van der Waals surface area (Å²) in [6.45, 7) is 12.2. The molecule has 0 heterocycles. The van der Waals surface area contributed by atoms with Crippen LogP contribution in [0.5, 0.6) is 0 Å². The molecule has 0 saturated carbocycles. The predicted octanol–water partition coefficient (Wildman–Crippen LogP) is 9.49. The second-order valence-corrected chi connectivity index (χ2v) is 11.3. The van der Waals surface area contributed by atoms with Crippen molar-refractivity contribution in [3.05, 3.63) is 85.7 Å². The molecule has 1 amide bonds. The van der Waals surface area contributed by atoms with E-state index in [0.717, 1.165) is 30.9 Å². The van der Waals surface area contributed by atoms with Gasteiger partial charge in [-0.25, -0.2) is 4.39 Å². The first-order chi connectivity index (χ1) is 17.1. The Bertz CT molecular complexity index is 1190. The second kappa shape index (κ2) is 12.6. The molecule has 0 aliphatic heterocycles. The maximum Gasteiger partial charge on any atom is 0.417 e. The molecule has 1 N–H and O–H groups in total. The van der Waals surface area contributed by atoms with Gasteiger partial charge in [-0.2, -0.15) is 13.2 Å². The number of anilines is 1. The lowest BCUT2D eigenvalue weighted by atomic mass is 9.77. The summed E-state index contributed by atoms with van der Waals surface area (Å²) >= 11 is 6.18. The maximum atomic E-state index is 14.0. The smallest absolute Gasteiger partial charge is 0.355 e. The van der Waals surface area contributed by atoms with Gasteiger partial charge in [0.05, 0.1) is 15.6 Å². The van der Waals surface area contributed by atoms with E-state index >= 15 is 0 Å². The number of allylic oxidation sites excluding steroid dienone is 1. The molecule has 0 aliphatic carbocycles. The minimum Gasteiger partial charge on any atom is -0.355 e. The highest BCUT2D eigenvalue weighted by molar-refractivity contribution is 9.10. The van der Waals surface area contributed by atoms with Gasteiger partial charge in [-0.1, -0.05) is 73.8 Å². The van der Waals surface area contributed by atoms with E-state index in [0.29, 0.717) is 5.56 Å². The van der Waals surface area contributed by atoms with E-state index < -0.39 is 17.6 Å². The van der Waals surface area contributed by atoms with Crippen molar-refractivity contribution in [2.24, 2.45) is 5.41 Å². The SMILES string of the molecule is C=C(Nc1ccc(Br)c(C(F)(F)F)c1)/C(C(=O)N(C)Cc1cccc(F)c1Br)=C(\C)C(C)(C)CCCC. The van der Waals surface area contributed by atoms with Crippen LogP contribution in [0.25, 0.3) is 0 Å². The molecule has 0 saturated heterocycles. The van der Waals surface area contributed by atoms with Crippen LogP contribution in [0.3, 0.4) is 0 Å². The average Bonchev–Trinajstić information content (AvgIpc) is 2.81. The number of carbonyl (C=O) groups is 1. The Morgan fingerprint density at radius 3 is 2.38 bits per heavy atom. The third kappa shape index (κ3) is 7.93. The highest BCUT2D eigenvalue weighted by Crippen LogP contribution is 2.39. The normalized spacial score (nSPS) is 12.7. The summed E-state index contributed by atoms with van der Waals surface area (Å²) < 4.78 is 54.6. The minimum atomic E-state index is -4.55. The van der Waals surface area contributed by atoms with Crippen LogP contribution in [0, 0.1) is 11.2 Å². The summed E-state index contributed by atoms with van der Waals surface area (Å²) in [6, 6.07) is 8.36. The van der Waals surface area contributed by atoms with Crippen molar-refractivity contribution in [2.75, 3.05) is 12.4 Å². The zero-order chi connectivity index (χ0) is 28.1. The molecule has 0 aliphatic rings. The Kier molecular flexibility index (Phi) is 10.6. The van der Waals surface area contributed by atoms with Gasteiger partial charge in [0.25, 0.3) is 5.91 Å². The molecule has 0 aromatic heterocycles. The molecule has 0 unspecified atom stereocenters. The molecule has 2 aromatic rings. The van der Waals surface area contributed by atoms with E-state index in [4.69, 9.17) is 0 Å². The number of amides is 1. The fourth-order valence-corrected chi connectivity index (χ4v) is 4.77. The van der Waals surface area contributed by atoms with Gasteiger partial charge in [0.1, 0.15) is 5.82 Å². The topological polar surface area (TPSA) is 32.3 Å². The number of hydrogen-bond acceptors (Lipinski definition) is 2. The van der Waals surface area contributed by atoms with E-state index in [-0.39, 0.29) is 43.8 Å². The van der Waals surface area contributed by atoms with Crippen LogP contribution in [0.2, 0.25) is 0 Å². The molecular formula is C28H32Br2F4N2O. The molecule has 2 aromatic carbocycles. The lowest BCUT2D eigenvalue weighted by Gasteiger charge is -2.31. The van der Waals surface area contributed by atoms with Crippen molar-refractivity contribution >= 4 is 43.5 Å². The van der Waals surface area contributed by atoms with Crippen LogP contribution >= 0.6 is 31.9 Å². The fourth-order valence-electron chi connectivity index (χ4n) is 3.91. The average molecular weight is 648 g/mol.